The van der Waals surface area contributed by atoms with Crippen LogP contribution in [0.25, 0.3) is 0 Å². The number of benzene rings is 1. The fraction of sp³-hybridized carbons (Fsp3) is 0.636. The molecule has 3 heterocycles. The van der Waals surface area contributed by atoms with E-state index in [4.69, 9.17) is 17.2 Å². The lowest BCUT2D eigenvalue weighted by Crippen LogP contribution is -2.62. The van der Waals surface area contributed by atoms with E-state index in [1.165, 1.54) is 24.3 Å². The number of aliphatic carboxylic acids is 2. The lowest BCUT2D eigenvalue weighted by molar-refractivity contribution is -0.142. The summed E-state index contributed by atoms with van der Waals surface area (Å²) in [7, 11) is 0. The van der Waals surface area contributed by atoms with E-state index in [0.29, 0.717) is 10.6 Å². The highest BCUT2D eigenvalue weighted by Crippen LogP contribution is 2.25. The normalized spacial score (nSPS) is 23.1. The third kappa shape index (κ3) is 27.6. The Morgan fingerprint density at radius 3 is 1.85 bits per heavy atom. The average Bonchev–Trinajstić information content (AvgIpc) is 1.37. The molecule has 0 aliphatic carbocycles. The highest BCUT2D eigenvalue weighted by atomic mass is 32.2. The summed E-state index contributed by atoms with van der Waals surface area (Å²) in [5.41, 5.74) is 18.6. The predicted octanol–water partition coefficient (Wildman–Crippen LogP) is -1.68. The zero-order chi connectivity index (χ0) is 74.3. The van der Waals surface area contributed by atoms with Gasteiger partial charge in [0.05, 0.1) is 35.9 Å². The summed E-state index contributed by atoms with van der Waals surface area (Å²) in [6.07, 6.45) is 0.407. The zero-order valence-corrected chi connectivity index (χ0v) is 59.0. The van der Waals surface area contributed by atoms with Crippen molar-refractivity contribution < 1.29 is 77.3 Å². The summed E-state index contributed by atoms with van der Waals surface area (Å²) >= 11 is 1.35. The number of nitrogens with two attached hydrogens (primary N) is 3. The van der Waals surface area contributed by atoms with E-state index in [0.717, 1.165) is 6.42 Å². The number of aliphatic imine (C=N–C) groups is 1. The van der Waals surface area contributed by atoms with Crippen LogP contribution in [0.2, 0.25) is 0 Å². The summed E-state index contributed by atoms with van der Waals surface area (Å²) in [6.45, 7) is 14.1. The van der Waals surface area contributed by atoms with Gasteiger partial charge in [-0.3, -0.25) is 72.1 Å². The van der Waals surface area contributed by atoms with Gasteiger partial charge in [-0.2, -0.15) is 0 Å². The number of carbonyl (C=O) groups is 14. The van der Waals surface area contributed by atoms with Gasteiger partial charge >= 0.3 is 11.9 Å². The molecule has 0 saturated carbocycles. The van der Waals surface area contributed by atoms with Gasteiger partial charge in [-0.05, 0) is 80.7 Å². The third-order valence-corrected chi connectivity index (χ3v) is 18.6. The number of primary amides is 1. The highest BCUT2D eigenvalue weighted by Gasteiger charge is 2.40. The van der Waals surface area contributed by atoms with Crippen LogP contribution >= 0.6 is 11.8 Å². The van der Waals surface area contributed by atoms with Gasteiger partial charge in [0.2, 0.25) is 70.9 Å². The number of carboxylic acid groups (broad SMARTS) is 2. The van der Waals surface area contributed by atoms with Crippen molar-refractivity contribution in [2.24, 2.45) is 45.9 Å². The van der Waals surface area contributed by atoms with Crippen molar-refractivity contribution >= 4 is 99.6 Å². The summed E-state index contributed by atoms with van der Waals surface area (Å²) in [5, 5.41) is 49.0. The Bertz CT molecular complexity index is 3160. The number of aromatic amines is 1. The van der Waals surface area contributed by atoms with Gasteiger partial charge in [0.1, 0.15) is 66.5 Å². The van der Waals surface area contributed by atoms with Crippen LogP contribution < -0.4 is 75.7 Å². The number of rotatable bonds is 31. The summed E-state index contributed by atoms with van der Waals surface area (Å²) < 4.78 is 0. The molecule has 12 amide bonds. The lowest BCUT2D eigenvalue weighted by Gasteiger charge is -2.30. The molecule has 1 aromatic carbocycles. The van der Waals surface area contributed by atoms with Crippen LogP contribution in [0.15, 0.2) is 47.8 Å². The first-order valence-electron chi connectivity index (χ1n) is 34.1. The zero-order valence-electron chi connectivity index (χ0n) is 58.2. The molecule has 15 unspecified atom stereocenters. The molecular formula is C66H103N17O16S. The summed E-state index contributed by atoms with van der Waals surface area (Å²) in [4.78, 5) is 207. The van der Waals surface area contributed by atoms with Crippen LogP contribution in [-0.2, 0) is 80.0 Å². The molecule has 2 aliphatic rings. The van der Waals surface area contributed by atoms with Gasteiger partial charge in [0.15, 0.2) is 0 Å². The number of carboxylic acids is 2. The van der Waals surface area contributed by atoms with Gasteiger partial charge in [0.25, 0.3) is 0 Å². The molecule has 100 heavy (non-hydrogen) atoms. The maximum Gasteiger partial charge on any atom is 0.305 e. The van der Waals surface area contributed by atoms with Crippen LogP contribution in [0.1, 0.15) is 150 Å². The molecule has 2 aliphatic heterocycles. The van der Waals surface area contributed by atoms with Gasteiger partial charge in [0, 0.05) is 37.8 Å². The molecular weight excluding hydrogens is 1320 g/mol. The number of imidazole rings is 1. The van der Waals surface area contributed by atoms with Crippen LogP contribution in [0.5, 0.6) is 0 Å². The molecule has 33 nitrogen and oxygen atoms in total. The minimum Gasteiger partial charge on any atom is -0.481 e. The Hall–Kier alpha value is -9.05. The number of hydrogen-bond donors (Lipinski definition) is 17. The van der Waals surface area contributed by atoms with Gasteiger partial charge in [-0.1, -0.05) is 105 Å². The maximum absolute atomic E-state index is 14.9. The number of H-pyrrole nitrogens is 1. The molecule has 554 valence electrons. The summed E-state index contributed by atoms with van der Waals surface area (Å²) in [6, 6.07) is -8.36. The molecule has 1 saturated heterocycles. The van der Waals surface area contributed by atoms with E-state index in [-0.39, 0.29) is 101 Å². The van der Waals surface area contributed by atoms with Crippen LogP contribution in [-0.4, -0.2) is 199 Å². The summed E-state index contributed by atoms with van der Waals surface area (Å²) in [5.74, 6) is -15.4. The van der Waals surface area contributed by atoms with Gasteiger partial charge in [-0.15, -0.1) is 11.8 Å². The van der Waals surface area contributed by atoms with Crippen molar-refractivity contribution in [2.45, 2.75) is 224 Å². The topological polar surface area (TPSA) is 531 Å². The minimum atomic E-state index is -1.95. The second-order valence-corrected chi connectivity index (χ2v) is 27.0. The number of aromatic nitrogens is 2. The van der Waals surface area contributed by atoms with Crippen molar-refractivity contribution in [3.05, 3.63) is 54.1 Å². The number of nitrogens with zero attached hydrogens (tertiary/aromatic N) is 2. The van der Waals surface area contributed by atoms with Crippen molar-refractivity contribution in [3.63, 3.8) is 0 Å². The van der Waals surface area contributed by atoms with E-state index in [9.17, 15) is 77.3 Å². The van der Waals surface area contributed by atoms with Gasteiger partial charge in [-0.25, -0.2) is 4.98 Å². The molecule has 2 aromatic rings. The molecule has 15 atom stereocenters. The van der Waals surface area contributed by atoms with Crippen molar-refractivity contribution in [1.82, 2.24) is 68.5 Å². The van der Waals surface area contributed by atoms with E-state index in [2.05, 4.69) is 73.4 Å². The lowest BCUT2D eigenvalue weighted by atomic mass is 9.96. The quantitative estimate of drug-likeness (QED) is 0.0401. The SMILES string of the molecule is CCC(C)C(N)C1=NC(C(=O)NC(CC(C)C)C(=O)NC(CCC(=O)O)C(=O)NC(C(=O)NC2CCCCNC(=O)C(CC(N)=O)NC(=O)C(CC(=O)O)NC(=O)C(Cc3c[nH]cn3)NC(=O)C(Cc3ccccc3)NC(=O)C(C(C)CC)NC(=O)C(CCCN)NC2=O)C(C)CC)CS1. The molecule has 1 fully saturated rings. The largest absolute Gasteiger partial charge is 0.481 e. The monoisotopic (exact) mass is 1420 g/mol. The molecule has 0 spiro atoms. The van der Waals surface area contributed by atoms with E-state index >= 15 is 0 Å². The Balaban J connectivity index is 1.77. The fourth-order valence-electron chi connectivity index (χ4n) is 10.9. The standard InChI is InChI=1S/C66H103N17O16S/c1-9-35(6)52(69)66-81-48(32-100-66)63(97)76-43(26-34(4)5)59(93)74-42(22-23-50(85)86)58(92)83-53(36(7)10-2)64(98)75-40-20-15-16-25-71-55(89)46(29-49(68)84)78-62(96)47(30-51(87)88)79-61(95)45(28-39-31-70-33-72-39)77-60(94)44(27-38-18-13-12-14-19-38)80-65(99)54(37(8)11-3)82-57(91)41(21-17-24-67)73-56(40)90/h12-14,18-19,31,33-37,40-48,52-54H,9-11,15-17,20-30,32,67,69H2,1-8H3,(H2,68,84)(H,70,72)(H,71,89)(H,73,90)(H,74,93)(H,75,98)(H,76,97)(H,77,94)(H,78,96)(H,79,95)(H,80,99)(H,82,91)(H,83,92)(H,85,86)(H,87,88). The second-order valence-electron chi connectivity index (χ2n) is 25.9. The Labute approximate surface area is 586 Å². The van der Waals surface area contributed by atoms with Crippen LogP contribution in [0.4, 0.5) is 0 Å². The average molecular weight is 1420 g/mol. The van der Waals surface area contributed by atoms with Crippen LogP contribution in [0.3, 0.4) is 0 Å². The van der Waals surface area contributed by atoms with E-state index < -0.39 is 193 Å². The van der Waals surface area contributed by atoms with E-state index in [1.54, 1.807) is 58.0 Å². The second kappa shape index (κ2) is 42.1. The van der Waals surface area contributed by atoms with Crippen molar-refractivity contribution in [2.75, 3.05) is 18.8 Å². The first kappa shape index (κ1) is 83.4. The Morgan fingerprint density at radius 2 is 1.26 bits per heavy atom. The number of carbonyl (C=O) groups excluding carboxylic acids is 12. The molecule has 34 heteroatoms. The third-order valence-electron chi connectivity index (χ3n) is 17.5. The first-order chi connectivity index (χ1) is 47.4. The minimum absolute atomic E-state index is 0.000902. The Morgan fingerprint density at radius 1 is 0.660 bits per heavy atom. The molecule has 0 radical (unpaired) electrons. The predicted molar refractivity (Wildman–Crippen MR) is 369 cm³/mol. The number of thioether (sulfide) groups is 1. The fourth-order valence-corrected chi connectivity index (χ4v) is 12.0. The molecule has 20 N–H and O–H groups in total. The maximum atomic E-state index is 14.9. The number of amides is 12. The van der Waals surface area contributed by atoms with Gasteiger partial charge < -0.3 is 90.9 Å². The molecule has 1 aromatic heterocycles. The number of nitrogens with one attached hydrogen (secondary N) is 12. The first-order valence-corrected chi connectivity index (χ1v) is 35.1. The van der Waals surface area contributed by atoms with Crippen LogP contribution in [0, 0.1) is 23.7 Å². The molecule has 4 rings (SSSR count). The smallest absolute Gasteiger partial charge is 0.305 e. The highest BCUT2D eigenvalue weighted by molar-refractivity contribution is 8.14. The number of hydrogen-bond acceptors (Lipinski definition) is 19. The molecule has 0 bridgehead atoms. The van der Waals surface area contributed by atoms with Crippen molar-refractivity contribution in [3.8, 4) is 0 Å². The van der Waals surface area contributed by atoms with Crippen molar-refractivity contribution in [1.29, 1.82) is 0 Å². The van der Waals surface area contributed by atoms with E-state index in [1.807, 2.05) is 27.7 Å². The Kier molecular flexibility index (Phi) is 35.1.